The molecule has 5 rings (SSSR count). The average molecular weight is 493 g/mol. The van der Waals surface area contributed by atoms with Gasteiger partial charge in [0.1, 0.15) is 29.8 Å². The van der Waals surface area contributed by atoms with E-state index in [9.17, 15) is 14.0 Å². The van der Waals surface area contributed by atoms with Crippen LogP contribution in [0.2, 0.25) is 0 Å². The van der Waals surface area contributed by atoms with Crippen LogP contribution in [0, 0.1) is 5.82 Å². The van der Waals surface area contributed by atoms with Gasteiger partial charge in [0.05, 0.1) is 5.69 Å². The summed E-state index contributed by atoms with van der Waals surface area (Å²) in [6, 6.07) is 9.92. The number of rotatable bonds is 2. The van der Waals surface area contributed by atoms with Gasteiger partial charge in [-0.05, 0) is 69.0 Å². The van der Waals surface area contributed by atoms with Crippen molar-refractivity contribution < 1.29 is 23.5 Å². The molecule has 0 aromatic heterocycles. The minimum Gasteiger partial charge on any atom is -0.483 e. The molecule has 0 fully saturated rings. The molecule has 9 heteroatoms. The zero-order chi connectivity index (χ0) is 25.6. The van der Waals surface area contributed by atoms with Crippen molar-refractivity contribution in [3.05, 3.63) is 53.9 Å². The quantitative estimate of drug-likeness (QED) is 0.665. The van der Waals surface area contributed by atoms with E-state index in [1.165, 1.54) is 6.07 Å². The minimum absolute atomic E-state index is 0.196. The highest BCUT2D eigenvalue weighted by Gasteiger charge is 2.36. The van der Waals surface area contributed by atoms with Gasteiger partial charge in [0.25, 0.3) is 5.91 Å². The normalized spacial score (nSPS) is 19.4. The second kappa shape index (κ2) is 8.96. The molecule has 2 aromatic rings. The van der Waals surface area contributed by atoms with Gasteiger partial charge in [-0.15, -0.1) is 0 Å². The maximum atomic E-state index is 14.9. The zero-order valence-electron chi connectivity index (χ0n) is 20.8. The van der Waals surface area contributed by atoms with E-state index in [2.05, 4.69) is 10.5 Å². The van der Waals surface area contributed by atoms with Gasteiger partial charge in [0, 0.05) is 18.7 Å². The molecule has 3 aliphatic heterocycles. The van der Waals surface area contributed by atoms with Gasteiger partial charge >= 0.3 is 6.09 Å². The first-order valence-corrected chi connectivity index (χ1v) is 12.0. The molecule has 0 unspecified atom stereocenters. The van der Waals surface area contributed by atoms with Gasteiger partial charge in [-0.25, -0.2) is 14.6 Å². The number of halogens is 1. The molecule has 0 spiro atoms. The molecule has 1 atom stereocenters. The number of carbonyl (C=O) groups excluding carboxylic acids is 2. The molecule has 8 nitrogen and oxygen atoms in total. The minimum atomic E-state index is -0.575. The number of hydrazone groups is 1. The Hall–Kier alpha value is -3.88. The van der Waals surface area contributed by atoms with Crippen LogP contribution in [0.5, 0.6) is 5.75 Å². The first-order valence-electron chi connectivity index (χ1n) is 12.0. The molecule has 0 saturated heterocycles. The molecule has 2 aromatic carbocycles. The van der Waals surface area contributed by atoms with Gasteiger partial charge < -0.3 is 19.3 Å². The smallest absolute Gasteiger partial charge is 0.410 e. The van der Waals surface area contributed by atoms with Gasteiger partial charge in [-0.3, -0.25) is 4.79 Å². The van der Waals surface area contributed by atoms with Crippen LogP contribution in [0.15, 0.2) is 47.6 Å². The van der Waals surface area contributed by atoms with E-state index in [0.29, 0.717) is 47.9 Å². The number of nitrogens with zero attached hydrogens (tertiary/aromatic N) is 3. The summed E-state index contributed by atoms with van der Waals surface area (Å²) in [4.78, 5) is 28.4. The molecule has 0 aliphatic carbocycles. The molecule has 188 valence electrons. The van der Waals surface area contributed by atoms with E-state index in [-0.39, 0.29) is 24.4 Å². The Kier molecular flexibility index (Phi) is 5.94. The Labute approximate surface area is 209 Å². The number of anilines is 1. The third kappa shape index (κ3) is 4.41. The van der Waals surface area contributed by atoms with Gasteiger partial charge in [-0.1, -0.05) is 24.3 Å². The molecule has 3 aliphatic rings. The number of hydrogen-bond donors (Lipinski definition) is 1. The predicted octanol–water partition coefficient (Wildman–Crippen LogP) is 4.55. The second-order valence-electron chi connectivity index (χ2n) is 10.1. The van der Waals surface area contributed by atoms with Crippen LogP contribution in [-0.2, 0) is 9.53 Å². The lowest BCUT2D eigenvalue weighted by atomic mass is 9.89. The van der Waals surface area contributed by atoms with Gasteiger partial charge in [0.15, 0.2) is 5.84 Å². The fraction of sp³-hybridized carbons (Fsp3) is 0.370. The Bertz CT molecular complexity index is 1300. The van der Waals surface area contributed by atoms with E-state index in [1.54, 1.807) is 23.1 Å². The highest BCUT2D eigenvalue weighted by atomic mass is 19.1. The van der Waals surface area contributed by atoms with Crippen molar-refractivity contribution >= 4 is 29.1 Å². The van der Waals surface area contributed by atoms with Crippen LogP contribution in [0.3, 0.4) is 0 Å². The lowest BCUT2D eigenvalue weighted by molar-refractivity contribution is -0.122. The SMILES string of the molecule is C[C@@H]1C(=O)NN=C2COc3cc(-c4ccccc4F)c(C4=CCN(C(=O)OC(C)(C)C)CC4)cc3N21. The monoisotopic (exact) mass is 492 g/mol. The number of carbonyl (C=O) groups is 2. The molecule has 3 heterocycles. The van der Waals surface area contributed by atoms with Crippen LogP contribution in [-0.4, -0.2) is 54.1 Å². The summed E-state index contributed by atoms with van der Waals surface area (Å²) in [5.74, 6) is 0.614. The van der Waals surface area contributed by atoms with Crippen molar-refractivity contribution in [1.82, 2.24) is 10.3 Å². The number of nitrogens with one attached hydrogen (secondary N) is 1. The van der Waals surface area contributed by atoms with E-state index < -0.39 is 11.6 Å². The number of ether oxygens (including phenoxy) is 2. The largest absolute Gasteiger partial charge is 0.483 e. The molecular weight excluding hydrogens is 463 g/mol. The summed E-state index contributed by atoms with van der Waals surface area (Å²) in [6.45, 7) is 8.37. The van der Waals surface area contributed by atoms with Crippen molar-refractivity contribution in [2.24, 2.45) is 5.10 Å². The number of amides is 2. The predicted molar refractivity (Wildman–Crippen MR) is 135 cm³/mol. The fourth-order valence-electron chi connectivity index (χ4n) is 4.65. The molecule has 0 saturated carbocycles. The third-order valence-electron chi connectivity index (χ3n) is 6.43. The fourth-order valence-corrected chi connectivity index (χ4v) is 4.65. The third-order valence-corrected chi connectivity index (χ3v) is 6.43. The van der Waals surface area contributed by atoms with Crippen molar-refractivity contribution in [3.63, 3.8) is 0 Å². The molecule has 0 radical (unpaired) electrons. The average Bonchev–Trinajstić information content (AvgIpc) is 2.84. The highest BCUT2D eigenvalue weighted by Crippen LogP contribution is 2.44. The number of fused-ring (bicyclic) bond motifs is 3. The summed E-state index contributed by atoms with van der Waals surface area (Å²) in [5.41, 5.74) is 5.61. The number of benzene rings is 2. The Morgan fingerprint density at radius 3 is 2.67 bits per heavy atom. The van der Waals surface area contributed by atoms with Gasteiger partial charge in [-0.2, -0.15) is 5.10 Å². The Morgan fingerprint density at radius 2 is 1.97 bits per heavy atom. The van der Waals surface area contributed by atoms with Crippen molar-refractivity contribution in [3.8, 4) is 16.9 Å². The summed E-state index contributed by atoms with van der Waals surface area (Å²) in [5, 5.41) is 4.16. The Balaban J connectivity index is 1.58. The lowest BCUT2D eigenvalue weighted by Gasteiger charge is -2.39. The highest BCUT2D eigenvalue weighted by molar-refractivity contribution is 6.09. The number of hydrogen-bond acceptors (Lipinski definition) is 6. The van der Waals surface area contributed by atoms with E-state index in [1.807, 2.05) is 50.8 Å². The maximum absolute atomic E-state index is 14.9. The zero-order valence-corrected chi connectivity index (χ0v) is 20.8. The molecule has 1 N–H and O–H groups in total. The first-order chi connectivity index (χ1) is 17.1. The summed E-state index contributed by atoms with van der Waals surface area (Å²) >= 11 is 0. The van der Waals surface area contributed by atoms with Crippen LogP contribution < -0.4 is 15.1 Å². The van der Waals surface area contributed by atoms with Crippen molar-refractivity contribution in [2.75, 3.05) is 24.6 Å². The molecule has 2 amide bonds. The van der Waals surface area contributed by atoms with Crippen molar-refractivity contribution in [2.45, 2.75) is 45.8 Å². The second-order valence-corrected chi connectivity index (χ2v) is 10.1. The van der Waals surface area contributed by atoms with Crippen LogP contribution in [0.1, 0.15) is 39.7 Å². The van der Waals surface area contributed by atoms with Crippen LogP contribution in [0.4, 0.5) is 14.9 Å². The van der Waals surface area contributed by atoms with E-state index in [0.717, 1.165) is 11.1 Å². The van der Waals surface area contributed by atoms with Crippen molar-refractivity contribution in [1.29, 1.82) is 0 Å². The standard InChI is InChI=1S/C27H29FN4O4/c1-16-25(33)30-29-24-15-35-23-14-20(18-7-5-6-8-21(18)28)19(13-22(23)32(16)24)17-9-11-31(12-10-17)26(34)36-27(2,3)4/h5-9,13-14,16H,10-12,15H2,1-4H3,(H,30,33)/t16-/m1/s1. The number of amidine groups is 1. The van der Waals surface area contributed by atoms with Gasteiger partial charge in [0.2, 0.25) is 0 Å². The Morgan fingerprint density at radius 1 is 1.19 bits per heavy atom. The maximum Gasteiger partial charge on any atom is 0.410 e. The lowest BCUT2D eigenvalue weighted by Crippen LogP contribution is -2.55. The van der Waals surface area contributed by atoms with E-state index in [4.69, 9.17) is 9.47 Å². The summed E-state index contributed by atoms with van der Waals surface area (Å²) < 4.78 is 26.4. The molecular formula is C27H29FN4O4. The van der Waals surface area contributed by atoms with Crippen LogP contribution >= 0.6 is 0 Å². The van der Waals surface area contributed by atoms with Crippen LogP contribution in [0.25, 0.3) is 16.7 Å². The molecule has 0 bridgehead atoms. The molecule has 36 heavy (non-hydrogen) atoms. The summed E-state index contributed by atoms with van der Waals surface area (Å²) in [6.07, 6.45) is 2.18. The topological polar surface area (TPSA) is 83.5 Å². The van der Waals surface area contributed by atoms with E-state index >= 15 is 0 Å². The summed E-state index contributed by atoms with van der Waals surface area (Å²) in [7, 11) is 0. The first kappa shape index (κ1) is 23.8.